The number of rotatable bonds is 5. The Bertz CT molecular complexity index is 319. The molecule has 0 spiro atoms. The molecule has 0 saturated heterocycles. The van der Waals surface area contributed by atoms with Crippen molar-refractivity contribution in [1.82, 2.24) is 0 Å². The van der Waals surface area contributed by atoms with Crippen LogP contribution in [-0.2, 0) is 0 Å². The third-order valence-corrected chi connectivity index (χ3v) is 2.48. The monoisotopic (exact) mass is 225 g/mol. The van der Waals surface area contributed by atoms with Gasteiger partial charge in [0, 0.05) is 23.0 Å². The number of carbonyl (C=O) groups is 1. The van der Waals surface area contributed by atoms with Crippen molar-refractivity contribution in [3.8, 4) is 0 Å². The molecule has 1 unspecified atom stereocenters. The standard InChI is InChI=1S/C12H16ClNO/c1-9(14)3-2-4-12(15)10-5-7-11(13)8-6-10/h5-9H,2-4,14H2,1H3. The Kier molecular flexibility index (Phi) is 4.79. The van der Waals surface area contributed by atoms with E-state index >= 15 is 0 Å². The number of hydrogen-bond donors (Lipinski definition) is 1. The Morgan fingerprint density at radius 3 is 2.53 bits per heavy atom. The van der Waals surface area contributed by atoms with E-state index in [1.807, 2.05) is 6.92 Å². The fourth-order valence-electron chi connectivity index (χ4n) is 1.36. The molecule has 0 aliphatic rings. The van der Waals surface area contributed by atoms with Gasteiger partial charge in [0.25, 0.3) is 0 Å². The zero-order valence-electron chi connectivity index (χ0n) is 8.87. The van der Waals surface area contributed by atoms with Gasteiger partial charge >= 0.3 is 0 Å². The summed E-state index contributed by atoms with van der Waals surface area (Å²) in [6.45, 7) is 1.95. The lowest BCUT2D eigenvalue weighted by molar-refractivity contribution is 0.0979. The number of halogens is 1. The first-order valence-corrected chi connectivity index (χ1v) is 5.51. The van der Waals surface area contributed by atoms with E-state index in [1.165, 1.54) is 0 Å². The largest absolute Gasteiger partial charge is 0.328 e. The average molecular weight is 226 g/mol. The van der Waals surface area contributed by atoms with Gasteiger partial charge in [0.1, 0.15) is 0 Å². The molecule has 0 fully saturated rings. The number of ketones is 1. The Morgan fingerprint density at radius 2 is 2.00 bits per heavy atom. The second kappa shape index (κ2) is 5.89. The van der Waals surface area contributed by atoms with Crippen molar-refractivity contribution < 1.29 is 4.79 Å². The summed E-state index contributed by atoms with van der Waals surface area (Å²) in [5.74, 6) is 0.160. The summed E-state index contributed by atoms with van der Waals surface area (Å²) in [5, 5.41) is 0.655. The van der Waals surface area contributed by atoms with Gasteiger partial charge in [0.15, 0.2) is 5.78 Å². The molecule has 3 heteroatoms. The fourth-order valence-corrected chi connectivity index (χ4v) is 1.49. The van der Waals surface area contributed by atoms with E-state index < -0.39 is 0 Å². The molecule has 15 heavy (non-hydrogen) atoms. The molecule has 0 saturated carbocycles. The number of nitrogens with two attached hydrogens (primary N) is 1. The maximum atomic E-state index is 11.7. The maximum absolute atomic E-state index is 11.7. The van der Waals surface area contributed by atoms with Gasteiger partial charge in [0.2, 0.25) is 0 Å². The van der Waals surface area contributed by atoms with Crippen LogP contribution < -0.4 is 5.73 Å². The molecule has 1 rings (SSSR count). The van der Waals surface area contributed by atoms with Crippen LogP contribution in [-0.4, -0.2) is 11.8 Å². The zero-order valence-corrected chi connectivity index (χ0v) is 9.63. The van der Waals surface area contributed by atoms with Gasteiger partial charge in [0.05, 0.1) is 0 Å². The van der Waals surface area contributed by atoms with Gasteiger partial charge in [-0.2, -0.15) is 0 Å². The van der Waals surface area contributed by atoms with E-state index in [4.69, 9.17) is 17.3 Å². The molecule has 0 aliphatic heterocycles. The topological polar surface area (TPSA) is 43.1 Å². The summed E-state index contributed by atoms with van der Waals surface area (Å²) in [6, 6.07) is 7.16. The average Bonchev–Trinajstić information content (AvgIpc) is 2.18. The maximum Gasteiger partial charge on any atom is 0.162 e. The van der Waals surface area contributed by atoms with Crippen LogP contribution in [0, 0.1) is 0 Å². The highest BCUT2D eigenvalue weighted by Crippen LogP contribution is 2.12. The van der Waals surface area contributed by atoms with E-state index in [0.29, 0.717) is 11.4 Å². The van der Waals surface area contributed by atoms with Crippen LogP contribution in [0.25, 0.3) is 0 Å². The van der Waals surface area contributed by atoms with Crippen LogP contribution >= 0.6 is 11.6 Å². The smallest absolute Gasteiger partial charge is 0.162 e. The van der Waals surface area contributed by atoms with E-state index in [1.54, 1.807) is 24.3 Å². The molecule has 0 heterocycles. The summed E-state index contributed by atoms with van der Waals surface area (Å²) in [6.07, 6.45) is 2.29. The van der Waals surface area contributed by atoms with Crippen LogP contribution in [0.5, 0.6) is 0 Å². The van der Waals surface area contributed by atoms with Crippen LogP contribution in [0.2, 0.25) is 5.02 Å². The molecule has 0 aliphatic carbocycles. The lowest BCUT2D eigenvalue weighted by atomic mass is 10.0. The van der Waals surface area contributed by atoms with E-state index in [2.05, 4.69) is 0 Å². The van der Waals surface area contributed by atoms with Gasteiger partial charge in [-0.25, -0.2) is 0 Å². The molecule has 1 aromatic carbocycles. The minimum atomic E-state index is 0.160. The third-order valence-electron chi connectivity index (χ3n) is 2.23. The predicted octanol–water partition coefficient (Wildman–Crippen LogP) is 3.04. The van der Waals surface area contributed by atoms with Crippen molar-refractivity contribution >= 4 is 17.4 Å². The Balaban J connectivity index is 2.43. The second-order valence-corrected chi connectivity index (χ2v) is 4.24. The Hall–Kier alpha value is -0.860. The lowest BCUT2D eigenvalue weighted by Crippen LogP contribution is -2.14. The molecule has 0 bridgehead atoms. The van der Waals surface area contributed by atoms with Crippen molar-refractivity contribution in [3.63, 3.8) is 0 Å². The highest BCUT2D eigenvalue weighted by atomic mass is 35.5. The van der Waals surface area contributed by atoms with Crippen LogP contribution in [0.4, 0.5) is 0 Å². The van der Waals surface area contributed by atoms with Crippen LogP contribution in [0.1, 0.15) is 36.5 Å². The zero-order chi connectivity index (χ0) is 11.3. The summed E-state index contributed by atoms with van der Waals surface area (Å²) in [7, 11) is 0. The quantitative estimate of drug-likeness (QED) is 0.783. The van der Waals surface area contributed by atoms with Gasteiger partial charge in [-0.15, -0.1) is 0 Å². The SMILES string of the molecule is CC(N)CCCC(=O)c1ccc(Cl)cc1. The summed E-state index contributed by atoms with van der Waals surface area (Å²) < 4.78 is 0. The van der Waals surface area contributed by atoms with E-state index in [9.17, 15) is 4.79 Å². The minimum absolute atomic E-state index is 0.160. The van der Waals surface area contributed by atoms with Crippen molar-refractivity contribution in [3.05, 3.63) is 34.9 Å². The Labute approximate surface area is 95.4 Å². The van der Waals surface area contributed by atoms with E-state index in [-0.39, 0.29) is 11.8 Å². The van der Waals surface area contributed by atoms with Crippen molar-refractivity contribution in [1.29, 1.82) is 0 Å². The number of hydrogen-bond acceptors (Lipinski definition) is 2. The fraction of sp³-hybridized carbons (Fsp3) is 0.417. The molecular weight excluding hydrogens is 210 g/mol. The molecule has 0 amide bonds. The minimum Gasteiger partial charge on any atom is -0.328 e. The first-order chi connectivity index (χ1) is 7.09. The second-order valence-electron chi connectivity index (χ2n) is 3.80. The molecule has 1 aromatic rings. The first-order valence-electron chi connectivity index (χ1n) is 5.14. The Morgan fingerprint density at radius 1 is 1.40 bits per heavy atom. The molecule has 2 N–H and O–H groups in total. The molecule has 0 aromatic heterocycles. The van der Waals surface area contributed by atoms with Crippen LogP contribution in [0.3, 0.4) is 0 Å². The summed E-state index contributed by atoms with van der Waals surface area (Å²) in [4.78, 5) is 11.7. The van der Waals surface area contributed by atoms with Crippen molar-refractivity contribution in [2.24, 2.45) is 5.73 Å². The normalized spacial score (nSPS) is 12.5. The molecule has 2 nitrogen and oxygen atoms in total. The van der Waals surface area contributed by atoms with Crippen molar-refractivity contribution in [2.45, 2.75) is 32.2 Å². The lowest BCUT2D eigenvalue weighted by Gasteiger charge is -2.04. The van der Waals surface area contributed by atoms with Gasteiger partial charge < -0.3 is 5.73 Å². The number of carbonyl (C=O) groups excluding carboxylic acids is 1. The van der Waals surface area contributed by atoms with Crippen LogP contribution in [0.15, 0.2) is 24.3 Å². The third kappa shape index (κ3) is 4.45. The van der Waals surface area contributed by atoms with Gasteiger partial charge in [-0.3, -0.25) is 4.79 Å². The first kappa shape index (κ1) is 12.2. The summed E-state index contributed by atoms with van der Waals surface area (Å²) >= 11 is 5.73. The number of benzene rings is 1. The predicted molar refractivity (Wildman–Crippen MR) is 63.3 cm³/mol. The summed E-state index contributed by atoms with van der Waals surface area (Å²) in [5.41, 5.74) is 6.33. The molecule has 0 radical (unpaired) electrons. The van der Waals surface area contributed by atoms with E-state index in [0.717, 1.165) is 18.4 Å². The molecule has 1 atom stereocenters. The van der Waals surface area contributed by atoms with Crippen molar-refractivity contribution in [2.75, 3.05) is 0 Å². The highest BCUT2D eigenvalue weighted by molar-refractivity contribution is 6.30. The van der Waals surface area contributed by atoms with Gasteiger partial charge in [-0.1, -0.05) is 11.6 Å². The van der Waals surface area contributed by atoms with Gasteiger partial charge in [-0.05, 0) is 44.0 Å². The number of Topliss-reactive ketones (excluding diaryl/α,β-unsaturated/α-hetero) is 1. The highest BCUT2D eigenvalue weighted by Gasteiger charge is 2.05. The molecule has 82 valence electrons. The molecular formula is C12H16ClNO.